The molecule has 2 aromatic rings. The lowest BCUT2D eigenvalue weighted by Gasteiger charge is -2.33. The van der Waals surface area contributed by atoms with Crippen LogP contribution in [-0.4, -0.2) is 47.9 Å². The van der Waals surface area contributed by atoms with Crippen molar-refractivity contribution in [3.05, 3.63) is 33.2 Å². The number of thioether (sulfide) groups is 1. The fraction of sp³-hybridized carbons (Fsp3) is 0.565. The van der Waals surface area contributed by atoms with Crippen LogP contribution in [0.4, 0.5) is 0 Å². The first-order valence-corrected chi connectivity index (χ1v) is 11.9. The molecular formula is C23H31NO6S. The van der Waals surface area contributed by atoms with Crippen LogP contribution < -0.4 is 20.4 Å². The molecule has 3 rings (SSSR count). The lowest BCUT2D eigenvalue weighted by molar-refractivity contribution is -0.124. The first-order chi connectivity index (χ1) is 14.7. The minimum Gasteiger partial charge on any atom is -0.487 e. The van der Waals surface area contributed by atoms with E-state index in [4.69, 9.17) is 13.9 Å². The van der Waals surface area contributed by atoms with E-state index in [2.05, 4.69) is 5.32 Å². The Labute approximate surface area is 186 Å². The van der Waals surface area contributed by atoms with Crippen molar-refractivity contribution in [2.75, 3.05) is 25.2 Å². The minimum absolute atomic E-state index is 0.125. The van der Waals surface area contributed by atoms with Crippen molar-refractivity contribution in [1.82, 2.24) is 5.32 Å². The lowest BCUT2D eigenvalue weighted by atomic mass is 9.92. The van der Waals surface area contributed by atoms with E-state index in [0.29, 0.717) is 34.5 Å². The number of carbonyl (C=O) groups excluding carboxylic acids is 1. The van der Waals surface area contributed by atoms with Gasteiger partial charge in [-0.1, -0.05) is 0 Å². The quantitative estimate of drug-likeness (QED) is 0.598. The highest BCUT2D eigenvalue weighted by atomic mass is 32.2. The van der Waals surface area contributed by atoms with Gasteiger partial charge in [0.1, 0.15) is 22.7 Å². The van der Waals surface area contributed by atoms with Gasteiger partial charge in [-0.25, -0.2) is 4.79 Å². The molecule has 0 saturated heterocycles. The molecule has 2 N–H and O–H groups in total. The molecule has 0 bridgehead atoms. The van der Waals surface area contributed by atoms with Crippen molar-refractivity contribution in [2.45, 2.75) is 58.6 Å². The molecule has 1 amide bonds. The first kappa shape index (κ1) is 23.5. The summed E-state index contributed by atoms with van der Waals surface area (Å²) in [6.45, 7) is 7.24. The van der Waals surface area contributed by atoms with Crippen LogP contribution in [0.3, 0.4) is 0 Å². The van der Waals surface area contributed by atoms with Gasteiger partial charge < -0.3 is 24.3 Å². The Morgan fingerprint density at radius 2 is 2.10 bits per heavy atom. The van der Waals surface area contributed by atoms with Crippen LogP contribution in [-0.2, 0) is 11.2 Å². The van der Waals surface area contributed by atoms with Gasteiger partial charge >= 0.3 is 5.63 Å². The Morgan fingerprint density at radius 3 is 2.77 bits per heavy atom. The number of aliphatic hydroxyl groups is 1. The highest BCUT2D eigenvalue weighted by Gasteiger charge is 2.31. The molecule has 2 heterocycles. The standard InChI is InChI=1S/C23H31NO6S/c1-13-14(2)22(27)29-21-16-6-8-23(3,4)30-17(16)10-18(20(13)21)28-12-19(26)24-15(11-25)7-9-31-5/h10,15,25H,6-9,11-12H2,1-5H3,(H,24,26)/t15-/m0/s1. The maximum Gasteiger partial charge on any atom is 0.339 e. The molecule has 0 spiro atoms. The van der Waals surface area contributed by atoms with Crippen LogP contribution in [0.2, 0.25) is 0 Å². The van der Waals surface area contributed by atoms with E-state index in [-0.39, 0.29) is 36.4 Å². The van der Waals surface area contributed by atoms with Crippen molar-refractivity contribution in [1.29, 1.82) is 0 Å². The molecule has 1 aliphatic heterocycles. The zero-order valence-electron chi connectivity index (χ0n) is 18.8. The summed E-state index contributed by atoms with van der Waals surface area (Å²) in [4.78, 5) is 24.8. The van der Waals surface area contributed by atoms with Gasteiger partial charge in [0, 0.05) is 17.2 Å². The third kappa shape index (κ3) is 5.18. The van der Waals surface area contributed by atoms with Gasteiger partial charge in [0.25, 0.3) is 5.91 Å². The smallest absolute Gasteiger partial charge is 0.339 e. The molecule has 0 unspecified atom stereocenters. The lowest BCUT2D eigenvalue weighted by Crippen LogP contribution is -2.40. The average Bonchev–Trinajstić information content (AvgIpc) is 2.72. The summed E-state index contributed by atoms with van der Waals surface area (Å²) in [5, 5.41) is 13.0. The molecule has 1 aromatic carbocycles. The van der Waals surface area contributed by atoms with Crippen molar-refractivity contribution in [2.24, 2.45) is 0 Å². The Balaban J connectivity index is 1.93. The topological polar surface area (TPSA) is 98.0 Å². The predicted octanol–water partition coefficient (Wildman–Crippen LogP) is 3.12. The molecule has 0 aliphatic carbocycles. The van der Waals surface area contributed by atoms with Crippen molar-refractivity contribution in [3.63, 3.8) is 0 Å². The van der Waals surface area contributed by atoms with Gasteiger partial charge in [0.05, 0.1) is 18.0 Å². The first-order valence-electron chi connectivity index (χ1n) is 10.5. The molecule has 31 heavy (non-hydrogen) atoms. The largest absolute Gasteiger partial charge is 0.487 e. The predicted molar refractivity (Wildman–Crippen MR) is 122 cm³/mol. The normalized spacial score (nSPS) is 15.8. The second-order valence-electron chi connectivity index (χ2n) is 8.57. The van der Waals surface area contributed by atoms with Gasteiger partial charge in [0.2, 0.25) is 0 Å². The summed E-state index contributed by atoms with van der Waals surface area (Å²) >= 11 is 1.66. The Bertz CT molecular complexity index is 1030. The molecular weight excluding hydrogens is 418 g/mol. The zero-order valence-corrected chi connectivity index (χ0v) is 19.6. The third-order valence-corrected chi connectivity index (χ3v) is 6.37. The number of hydrogen-bond acceptors (Lipinski definition) is 7. The van der Waals surface area contributed by atoms with E-state index in [1.165, 1.54) is 0 Å². The number of hydrogen-bond donors (Lipinski definition) is 2. The van der Waals surface area contributed by atoms with E-state index in [0.717, 1.165) is 29.7 Å². The number of amides is 1. The second kappa shape index (κ2) is 9.53. The van der Waals surface area contributed by atoms with Crippen LogP contribution >= 0.6 is 11.8 Å². The number of carbonyl (C=O) groups is 1. The highest BCUT2D eigenvalue weighted by Crippen LogP contribution is 2.43. The number of aryl methyl sites for hydroxylation is 2. The molecule has 7 nitrogen and oxygen atoms in total. The minimum atomic E-state index is -0.383. The van der Waals surface area contributed by atoms with Gasteiger partial charge in [-0.2, -0.15) is 11.8 Å². The Morgan fingerprint density at radius 1 is 1.35 bits per heavy atom. The number of fused-ring (bicyclic) bond motifs is 3. The van der Waals surface area contributed by atoms with E-state index in [1.807, 2.05) is 27.0 Å². The number of aliphatic hydroxyl groups excluding tert-OH is 1. The second-order valence-corrected chi connectivity index (χ2v) is 9.56. The van der Waals surface area contributed by atoms with Crippen LogP contribution in [0.5, 0.6) is 11.5 Å². The maximum absolute atomic E-state index is 12.4. The van der Waals surface area contributed by atoms with Crippen LogP contribution in [0.1, 0.15) is 43.4 Å². The molecule has 8 heteroatoms. The molecule has 0 radical (unpaired) electrons. The molecule has 170 valence electrons. The number of benzene rings is 1. The molecule has 1 atom stereocenters. The maximum atomic E-state index is 12.4. The average molecular weight is 450 g/mol. The van der Waals surface area contributed by atoms with Gasteiger partial charge in [-0.3, -0.25) is 4.79 Å². The molecule has 0 fully saturated rings. The summed E-state index contributed by atoms with van der Waals surface area (Å²) in [6.07, 6.45) is 4.18. The van der Waals surface area contributed by atoms with Gasteiger partial charge in [-0.15, -0.1) is 0 Å². The number of nitrogens with one attached hydrogen (secondary N) is 1. The summed E-state index contributed by atoms with van der Waals surface area (Å²) in [7, 11) is 0. The highest BCUT2D eigenvalue weighted by molar-refractivity contribution is 7.98. The molecule has 0 saturated carbocycles. The van der Waals surface area contributed by atoms with Crippen LogP contribution in [0, 0.1) is 13.8 Å². The van der Waals surface area contributed by atoms with Crippen molar-refractivity contribution >= 4 is 28.6 Å². The van der Waals surface area contributed by atoms with Crippen LogP contribution in [0.15, 0.2) is 15.3 Å². The number of rotatable bonds is 8. The summed E-state index contributed by atoms with van der Waals surface area (Å²) in [5.41, 5.74) is 1.86. The van der Waals surface area contributed by atoms with Crippen LogP contribution in [0.25, 0.3) is 11.0 Å². The summed E-state index contributed by atoms with van der Waals surface area (Å²) < 4.78 is 17.7. The fourth-order valence-corrected chi connectivity index (χ4v) is 4.25. The molecule has 1 aliphatic rings. The van der Waals surface area contributed by atoms with E-state index < -0.39 is 0 Å². The fourth-order valence-electron chi connectivity index (χ4n) is 3.73. The van der Waals surface area contributed by atoms with Gasteiger partial charge in [0.15, 0.2) is 6.61 Å². The Kier molecular flexibility index (Phi) is 7.21. The van der Waals surface area contributed by atoms with Gasteiger partial charge in [-0.05, 0) is 64.5 Å². The van der Waals surface area contributed by atoms with E-state index in [1.54, 1.807) is 24.8 Å². The molecule has 1 aromatic heterocycles. The summed E-state index contributed by atoms with van der Waals surface area (Å²) in [5.74, 6) is 1.57. The summed E-state index contributed by atoms with van der Waals surface area (Å²) in [6, 6.07) is 1.48. The van der Waals surface area contributed by atoms with E-state index in [9.17, 15) is 14.7 Å². The van der Waals surface area contributed by atoms with Crippen molar-refractivity contribution in [3.8, 4) is 11.5 Å². The third-order valence-electron chi connectivity index (χ3n) is 5.72. The zero-order chi connectivity index (χ0) is 22.8. The SMILES string of the molecule is CSCC[C@@H](CO)NC(=O)COc1cc2c(c3oc(=O)c(C)c(C)c13)CCC(C)(C)O2. The van der Waals surface area contributed by atoms with E-state index >= 15 is 0 Å². The Hall–Kier alpha value is -2.19. The number of ether oxygens (including phenoxy) is 2. The monoisotopic (exact) mass is 449 g/mol. The van der Waals surface area contributed by atoms with Crippen molar-refractivity contribution < 1.29 is 23.8 Å².